The van der Waals surface area contributed by atoms with Crippen LogP contribution in [0.3, 0.4) is 0 Å². The van der Waals surface area contributed by atoms with Crippen LogP contribution in [0.5, 0.6) is 0 Å². The third kappa shape index (κ3) is 7.98. The van der Waals surface area contributed by atoms with E-state index in [-0.39, 0.29) is 28.8 Å². The Bertz CT molecular complexity index is 1010. The summed E-state index contributed by atoms with van der Waals surface area (Å²) in [5.74, 6) is -1.36. The van der Waals surface area contributed by atoms with Crippen molar-refractivity contribution in [2.24, 2.45) is 5.41 Å². The van der Waals surface area contributed by atoms with Crippen molar-refractivity contribution < 1.29 is 28.7 Å². The van der Waals surface area contributed by atoms with Gasteiger partial charge in [-0.2, -0.15) is 0 Å². The van der Waals surface area contributed by atoms with Gasteiger partial charge in [0.1, 0.15) is 24.3 Å². The van der Waals surface area contributed by atoms with Crippen LogP contribution in [0.15, 0.2) is 30.9 Å². The first-order chi connectivity index (χ1) is 16.6. The molecule has 9 nitrogen and oxygen atoms in total. The first-order valence-corrected chi connectivity index (χ1v) is 12.2. The van der Waals surface area contributed by atoms with Crippen LogP contribution >= 0.6 is 11.6 Å². The maximum atomic E-state index is 13.5. The average molecular weight is 522 g/mol. The molecule has 1 fully saturated rings. The standard InChI is InChI=1S/C26H36ClN3O6/c1-8-14-35-23(33)19-10-9-13-30(19)22(32)20(25(2,3)4)29-21(31)16-11-12-18(17(27)15-16)28-24(34)36-26(5,6)7/h8,11-12,15,19-20H,1,9-10,13-14H2,2-7H3,(H,28,34)(H,29,31)/t19-,20-/m1/s1. The van der Waals surface area contributed by atoms with Gasteiger partial charge in [-0.3, -0.25) is 14.9 Å². The van der Waals surface area contributed by atoms with Gasteiger partial charge < -0.3 is 19.7 Å². The van der Waals surface area contributed by atoms with Gasteiger partial charge >= 0.3 is 12.1 Å². The lowest BCUT2D eigenvalue weighted by Crippen LogP contribution is -2.56. The lowest BCUT2D eigenvalue weighted by molar-refractivity contribution is -0.153. The summed E-state index contributed by atoms with van der Waals surface area (Å²) >= 11 is 6.29. The maximum Gasteiger partial charge on any atom is 0.412 e. The number of carbonyl (C=O) groups is 4. The zero-order valence-corrected chi connectivity index (χ0v) is 22.5. The predicted molar refractivity (Wildman–Crippen MR) is 138 cm³/mol. The van der Waals surface area contributed by atoms with Crippen LogP contribution in [0, 0.1) is 5.41 Å². The Kier molecular flexibility index (Phi) is 9.54. The number of amides is 3. The number of rotatable bonds is 7. The number of nitrogens with one attached hydrogen (secondary N) is 2. The Labute approximate surface area is 217 Å². The van der Waals surface area contributed by atoms with Crippen LogP contribution in [0.25, 0.3) is 0 Å². The fraction of sp³-hybridized carbons (Fsp3) is 0.538. The first kappa shape index (κ1) is 29.2. The van der Waals surface area contributed by atoms with Crippen LogP contribution in [-0.2, 0) is 19.1 Å². The summed E-state index contributed by atoms with van der Waals surface area (Å²) in [6.07, 6.45) is 1.95. The number of anilines is 1. The fourth-order valence-corrected chi connectivity index (χ4v) is 3.94. The maximum absolute atomic E-state index is 13.5. The highest BCUT2D eigenvalue weighted by atomic mass is 35.5. The topological polar surface area (TPSA) is 114 Å². The lowest BCUT2D eigenvalue weighted by Gasteiger charge is -2.35. The molecule has 1 aromatic carbocycles. The molecule has 1 saturated heterocycles. The van der Waals surface area contributed by atoms with E-state index >= 15 is 0 Å². The predicted octanol–water partition coefficient (Wildman–Crippen LogP) is 4.55. The third-order valence-electron chi connectivity index (χ3n) is 5.41. The van der Waals surface area contributed by atoms with Crippen molar-refractivity contribution >= 4 is 41.2 Å². The molecule has 0 unspecified atom stereocenters. The van der Waals surface area contributed by atoms with Crippen molar-refractivity contribution in [3.8, 4) is 0 Å². The molecule has 2 atom stereocenters. The minimum atomic E-state index is -0.906. The van der Waals surface area contributed by atoms with Crippen LogP contribution in [-0.4, -0.2) is 59.6 Å². The lowest BCUT2D eigenvalue weighted by atomic mass is 9.85. The van der Waals surface area contributed by atoms with Crippen molar-refractivity contribution in [3.05, 3.63) is 41.4 Å². The summed E-state index contributed by atoms with van der Waals surface area (Å²) < 4.78 is 10.4. The number of esters is 1. The average Bonchev–Trinajstić information content (AvgIpc) is 3.24. The molecule has 198 valence electrons. The minimum absolute atomic E-state index is 0.0658. The molecule has 1 heterocycles. The van der Waals surface area contributed by atoms with Gasteiger partial charge in [0.15, 0.2) is 0 Å². The smallest absolute Gasteiger partial charge is 0.412 e. The number of halogens is 1. The molecule has 10 heteroatoms. The van der Waals surface area contributed by atoms with Crippen molar-refractivity contribution in [1.82, 2.24) is 10.2 Å². The van der Waals surface area contributed by atoms with Crippen molar-refractivity contribution in [1.29, 1.82) is 0 Å². The van der Waals surface area contributed by atoms with E-state index in [1.807, 2.05) is 20.8 Å². The number of likely N-dealkylation sites (tertiary alicyclic amines) is 1. The summed E-state index contributed by atoms with van der Waals surface area (Å²) in [6.45, 7) is 14.7. The second-order valence-electron chi connectivity index (χ2n) is 10.7. The number of benzene rings is 1. The highest BCUT2D eigenvalue weighted by molar-refractivity contribution is 6.34. The van der Waals surface area contributed by atoms with Crippen molar-refractivity contribution in [2.75, 3.05) is 18.5 Å². The molecule has 3 amide bonds. The summed E-state index contributed by atoms with van der Waals surface area (Å²) in [6, 6.07) is 2.77. The zero-order chi connectivity index (χ0) is 27.3. The summed E-state index contributed by atoms with van der Waals surface area (Å²) in [4.78, 5) is 52.6. The van der Waals surface area contributed by atoms with Gasteiger partial charge in [-0.1, -0.05) is 45.0 Å². The summed E-state index contributed by atoms with van der Waals surface area (Å²) in [5.41, 5.74) is -0.835. The SMILES string of the molecule is C=CCOC(=O)[C@H]1CCCN1C(=O)[C@@H](NC(=O)c1ccc(NC(=O)OC(C)(C)C)c(Cl)c1)C(C)(C)C. The second kappa shape index (κ2) is 11.8. The van der Waals surface area contributed by atoms with E-state index in [4.69, 9.17) is 21.1 Å². The van der Waals surface area contributed by atoms with E-state index in [1.54, 1.807) is 20.8 Å². The van der Waals surface area contributed by atoms with Crippen LogP contribution in [0.1, 0.15) is 64.7 Å². The van der Waals surface area contributed by atoms with E-state index < -0.39 is 41.1 Å². The molecular weight excluding hydrogens is 486 g/mol. The molecule has 0 saturated carbocycles. The molecule has 0 bridgehead atoms. The molecular formula is C26H36ClN3O6. The molecule has 1 aliphatic heterocycles. The van der Waals surface area contributed by atoms with E-state index in [9.17, 15) is 19.2 Å². The Morgan fingerprint density at radius 1 is 1.19 bits per heavy atom. The highest BCUT2D eigenvalue weighted by Crippen LogP contribution is 2.28. The quantitative estimate of drug-likeness (QED) is 0.402. The molecule has 2 N–H and O–H groups in total. The van der Waals surface area contributed by atoms with E-state index in [1.165, 1.54) is 29.2 Å². The molecule has 0 aromatic heterocycles. The molecule has 1 aromatic rings. The van der Waals surface area contributed by atoms with Gasteiger partial charge in [0, 0.05) is 12.1 Å². The van der Waals surface area contributed by atoms with E-state index in [0.717, 1.165) is 0 Å². The van der Waals surface area contributed by atoms with E-state index in [0.29, 0.717) is 19.4 Å². The largest absolute Gasteiger partial charge is 0.460 e. The number of ether oxygens (including phenoxy) is 2. The first-order valence-electron chi connectivity index (χ1n) is 11.8. The fourth-order valence-electron chi connectivity index (χ4n) is 3.71. The monoisotopic (exact) mass is 521 g/mol. The number of hydrogen-bond acceptors (Lipinski definition) is 6. The van der Waals surface area contributed by atoms with Crippen LogP contribution in [0.4, 0.5) is 10.5 Å². The van der Waals surface area contributed by atoms with Gasteiger partial charge in [0.2, 0.25) is 5.91 Å². The van der Waals surface area contributed by atoms with Gasteiger partial charge in [-0.05, 0) is 57.2 Å². The second-order valence-corrected chi connectivity index (χ2v) is 11.1. The highest BCUT2D eigenvalue weighted by Gasteiger charge is 2.42. The van der Waals surface area contributed by atoms with Crippen molar-refractivity contribution in [3.63, 3.8) is 0 Å². The normalized spacial score (nSPS) is 16.6. The van der Waals surface area contributed by atoms with Gasteiger partial charge in [-0.15, -0.1) is 0 Å². The Morgan fingerprint density at radius 3 is 2.42 bits per heavy atom. The minimum Gasteiger partial charge on any atom is -0.460 e. The van der Waals surface area contributed by atoms with E-state index in [2.05, 4.69) is 17.2 Å². The number of carbonyl (C=O) groups excluding carboxylic acids is 4. The Balaban J connectivity index is 2.18. The Hall–Kier alpha value is -3.07. The molecule has 1 aliphatic rings. The van der Waals surface area contributed by atoms with Gasteiger partial charge in [0.25, 0.3) is 5.91 Å². The number of nitrogens with zero attached hydrogens (tertiary/aromatic N) is 1. The summed E-state index contributed by atoms with van der Waals surface area (Å²) in [5, 5.41) is 5.49. The Morgan fingerprint density at radius 2 is 1.86 bits per heavy atom. The van der Waals surface area contributed by atoms with Crippen molar-refractivity contribution in [2.45, 2.75) is 72.1 Å². The molecule has 36 heavy (non-hydrogen) atoms. The zero-order valence-electron chi connectivity index (χ0n) is 21.8. The number of hydrogen-bond donors (Lipinski definition) is 2. The molecule has 0 radical (unpaired) electrons. The summed E-state index contributed by atoms with van der Waals surface area (Å²) in [7, 11) is 0. The molecule has 0 spiro atoms. The van der Waals surface area contributed by atoms with Crippen LogP contribution < -0.4 is 10.6 Å². The third-order valence-corrected chi connectivity index (χ3v) is 5.72. The van der Waals surface area contributed by atoms with Gasteiger partial charge in [-0.25, -0.2) is 9.59 Å². The molecule has 0 aliphatic carbocycles. The van der Waals surface area contributed by atoms with Gasteiger partial charge in [0.05, 0.1) is 10.7 Å². The van der Waals surface area contributed by atoms with Crippen LogP contribution in [0.2, 0.25) is 5.02 Å². The molecule has 2 rings (SSSR count).